The third kappa shape index (κ3) is 5.44. The molecule has 1 aromatic heterocycles. The third-order valence-corrected chi connectivity index (χ3v) is 5.93. The molecule has 5 nitrogen and oxygen atoms in total. The molecule has 4 aromatic rings. The second kappa shape index (κ2) is 10.0. The van der Waals surface area contributed by atoms with Crippen molar-refractivity contribution < 1.29 is 14.6 Å². The number of aliphatic hydroxyl groups is 1. The zero-order chi connectivity index (χ0) is 23.5. The lowest BCUT2D eigenvalue weighted by Gasteiger charge is -2.17. The van der Waals surface area contributed by atoms with Gasteiger partial charge in [-0.3, -0.25) is 0 Å². The van der Waals surface area contributed by atoms with Crippen molar-refractivity contribution in [2.75, 3.05) is 6.61 Å². The molecule has 0 amide bonds. The van der Waals surface area contributed by atoms with E-state index in [1.807, 2.05) is 42.7 Å². The second-order valence-electron chi connectivity index (χ2n) is 8.18. The van der Waals surface area contributed by atoms with Gasteiger partial charge in [0.25, 0.3) is 0 Å². The van der Waals surface area contributed by atoms with Gasteiger partial charge in [0.05, 0.1) is 22.6 Å². The number of aromatic nitrogens is 2. The number of para-hydroxylation sites is 2. The molecule has 4 rings (SSSR count). The Labute approximate surface area is 203 Å². The number of nitrogens with zero attached hydrogens (tertiary/aromatic N) is 2. The highest BCUT2D eigenvalue weighted by Crippen LogP contribution is 2.28. The van der Waals surface area contributed by atoms with Crippen LogP contribution in [0.15, 0.2) is 54.6 Å². The molecule has 0 radical (unpaired) electrons. The average Bonchev–Trinajstić information content (AvgIpc) is 3.09. The van der Waals surface area contributed by atoms with E-state index in [2.05, 4.69) is 19.1 Å². The number of hydrogen-bond donors (Lipinski definition) is 1. The standard InChI is InChI=1S/C26H26Cl2N2O3/c1-16-10-17(2)26(18(3)11-16)33-15-25-29-22-6-4-5-7-23(22)30(25)13-20(31)14-32-24-9-8-19(27)12-21(24)28/h4-12,20,31H,13-15H2,1-3H3. The van der Waals surface area contributed by atoms with Gasteiger partial charge in [-0.25, -0.2) is 4.98 Å². The molecule has 3 aromatic carbocycles. The van der Waals surface area contributed by atoms with Crippen molar-refractivity contribution in [3.63, 3.8) is 0 Å². The first-order valence-electron chi connectivity index (χ1n) is 10.7. The number of fused-ring (bicyclic) bond motifs is 1. The predicted octanol–water partition coefficient (Wildman–Crippen LogP) is 6.29. The van der Waals surface area contributed by atoms with Crippen LogP contribution in [0, 0.1) is 20.8 Å². The normalized spacial score (nSPS) is 12.2. The van der Waals surface area contributed by atoms with Crippen LogP contribution in [0.1, 0.15) is 22.5 Å². The van der Waals surface area contributed by atoms with E-state index < -0.39 is 6.10 Å². The van der Waals surface area contributed by atoms with Gasteiger partial charge in [0, 0.05) is 5.02 Å². The zero-order valence-corrected chi connectivity index (χ0v) is 20.3. The maximum Gasteiger partial charge on any atom is 0.148 e. The minimum absolute atomic E-state index is 0.0737. The number of aliphatic hydroxyl groups excluding tert-OH is 1. The number of ether oxygens (including phenoxy) is 2. The molecule has 1 atom stereocenters. The fourth-order valence-corrected chi connectivity index (χ4v) is 4.48. The fraction of sp³-hybridized carbons (Fsp3) is 0.269. The van der Waals surface area contributed by atoms with E-state index in [1.54, 1.807) is 18.2 Å². The summed E-state index contributed by atoms with van der Waals surface area (Å²) in [5.74, 6) is 2.07. The second-order valence-corrected chi connectivity index (χ2v) is 9.03. The van der Waals surface area contributed by atoms with Gasteiger partial charge in [0.2, 0.25) is 0 Å². The molecule has 0 aliphatic rings. The van der Waals surface area contributed by atoms with E-state index in [4.69, 9.17) is 37.7 Å². The Morgan fingerprint density at radius 1 is 0.970 bits per heavy atom. The van der Waals surface area contributed by atoms with Crippen LogP contribution in [-0.2, 0) is 13.2 Å². The molecular formula is C26H26Cl2N2O3. The molecule has 172 valence electrons. The van der Waals surface area contributed by atoms with Crippen molar-refractivity contribution in [2.24, 2.45) is 0 Å². The van der Waals surface area contributed by atoms with Crippen LogP contribution in [0.4, 0.5) is 0 Å². The maximum atomic E-state index is 10.7. The Morgan fingerprint density at radius 2 is 1.70 bits per heavy atom. The minimum atomic E-state index is -0.782. The lowest BCUT2D eigenvalue weighted by molar-refractivity contribution is 0.0918. The lowest BCUT2D eigenvalue weighted by Crippen LogP contribution is -2.25. The molecule has 0 bridgehead atoms. The molecule has 0 fully saturated rings. The van der Waals surface area contributed by atoms with Crippen molar-refractivity contribution >= 4 is 34.2 Å². The van der Waals surface area contributed by atoms with Gasteiger partial charge in [-0.15, -0.1) is 0 Å². The van der Waals surface area contributed by atoms with Crippen molar-refractivity contribution in [1.82, 2.24) is 9.55 Å². The molecule has 0 aliphatic heterocycles. The summed E-state index contributed by atoms with van der Waals surface area (Å²) < 4.78 is 13.9. The Kier molecular flexibility index (Phi) is 7.13. The first kappa shape index (κ1) is 23.4. The smallest absolute Gasteiger partial charge is 0.148 e. The molecule has 0 saturated heterocycles. The number of imidazole rings is 1. The van der Waals surface area contributed by atoms with Crippen molar-refractivity contribution in [3.8, 4) is 11.5 Å². The van der Waals surface area contributed by atoms with Gasteiger partial charge in [0.1, 0.15) is 36.6 Å². The Hall–Kier alpha value is -2.73. The molecule has 0 spiro atoms. The Balaban J connectivity index is 1.52. The van der Waals surface area contributed by atoms with Crippen LogP contribution >= 0.6 is 23.2 Å². The molecule has 1 heterocycles. The first-order valence-corrected chi connectivity index (χ1v) is 11.5. The SMILES string of the molecule is Cc1cc(C)c(OCc2nc3ccccc3n2CC(O)COc2ccc(Cl)cc2Cl)c(C)c1. The van der Waals surface area contributed by atoms with Crippen LogP contribution in [0.2, 0.25) is 10.0 Å². The quantitative estimate of drug-likeness (QED) is 0.319. The third-order valence-electron chi connectivity index (χ3n) is 5.40. The maximum absolute atomic E-state index is 10.7. The van der Waals surface area contributed by atoms with Gasteiger partial charge >= 0.3 is 0 Å². The summed E-state index contributed by atoms with van der Waals surface area (Å²) in [6.45, 7) is 6.82. The molecule has 1 unspecified atom stereocenters. The summed E-state index contributed by atoms with van der Waals surface area (Å²) in [5.41, 5.74) is 5.15. The average molecular weight is 485 g/mol. The summed E-state index contributed by atoms with van der Waals surface area (Å²) in [5, 5.41) is 11.7. The van der Waals surface area contributed by atoms with Crippen molar-refractivity contribution in [3.05, 3.63) is 87.2 Å². The highest BCUT2D eigenvalue weighted by atomic mass is 35.5. The molecule has 33 heavy (non-hydrogen) atoms. The predicted molar refractivity (Wildman–Crippen MR) is 133 cm³/mol. The summed E-state index contributed by atoms with van der Waals surface area (Å²) in [4.78, 5) is 4.75. The summed E-state index contributed by atoms with van der Waals surface area (Å²) in [7, 11) is 0. The fourth-order valence-electron chi connectivity index (χ4n) is 4.01. The van der Waals surface area contributed by atoms with Crippen LogP contribution in [0.3, 0.4) is 0 Å². The monoisotopic (exact) mass is 484 g/mol. The number of rotatable bonds is 8. The lowest BCUT2D eigenvalue weighted by atomic mass is 10.1. The van der Waals surface area contributed by atoms with Crippen LogP contribution in [0.5, 0.6) is 11.5 Å². The Bertz CT molecular complexity index is 1260. The number of aryl methyl sites for hydroxylation is 3. The molecule has 0 aliphatic carbocycles. The van der Waals surface area contributed by atoms with Crippen LogP contribution < -0.4 is 9.47 Å². The van der Waals surface area contributed by atoms with Gasteiger partial charge in [-0.05, 0) is 62.2 Å². The van der Waals surface area contributed by atoms with Crippen LogP contribution in [0.25, 0.3) is 11.0 Å². The van der Waals surface area contributed by atoms with E-state index in [0.29, 0.717) is 22.3 Å². The molecule has 7 heteroatoms. The Morgan fingerprint density at radius 3 is 2.42 bits per heavy atom. The zero-order valence-electron chi connectivity index (χ0n) is 18.8. The number of halogens is 2. The number of benzene rings is 3. The molecule has 1 N–H and O–H groups in total. The van der Waals surface area contributed by atoms with E-state index >= 15 is 0 Å². The number of hydrogen-bond acceptors (Lipinski definition) is 4. The topological polar surface area (TPSA) is 56.5 Å². The van der Waals surface area contributed by atoms with E-state index in [9.17, 15) is 5.11 Å². The highest BCUT2D eigenvalue weighted by molar-refractivity contribution is 6.35. The summed E-state index contributed by atoms with van der Waals surface area (Å²) >= 11 is 12.1. The molecular weight excluding hydrogens is 459 g/mol. The van der Waals surface area contributed by atoms with E-state index in [-0.39, 0.29) is 13.2 Å². The highest BCUT2D eigenvalue weighted by Gasteiger charge is 2.17. The minimum Gasteiger partial charge on any atom is -0.489 e. The van der Waals surface area contributed by atoms with Gasteiger partial charge in [-0.2, -0.15) is 0 Å². The van der Waals surface area contributed by atoms with Gasteiger partial charge in [0.15, 0.2) is 0 Å². The first-order chi connectivity index (χ1) is 15.8. The van der Waals surface area contributed by atoms with Gasteiger partial charge < -0.3 is 19.1 Å². The molecule has 0 saturated carbocycles. The van der Waals surface area contributed by atoms with Crippen molar-refractivity contribution in [1.29, 1.82) is 0 Å². The summed E-state index contributed by atoms with van der Waals surface area (Å²) in [6.07, 6.45) is -0.782. The largest absolute Gasteiger partial charge is 0.489 e. The van der Waals surface area contributed by atoms with E-state index in [1.165, 1.54) is 5.56 Å². The van der Waals surface area contributed by atoms with E-state index in [0.717, 1.165) is 33.7 Å². The van der Waals surface area contributed by atoms with Crippen molar-refractivity contribution in [2.45, 2.75) is 40.0 Å². The van der Waals surface area contributed by atoms with Crippen LogP contribution in [-0.4, -0.2) is 27.4 Å². The van der Waals surface area contributed by atoms with Gasteiger partial charge in [-0.1, -0.05) is 53.0 Å². The summed E-state index contributed by atoms with van der Waals surface area (Å²) in [6, 6.07) is 17.0.